The second-order valence-electron chi connectivity index (χ2n) is 15.2. The second kappa shape index (κ2) is 17.6. The number of hydrogen-bond acceptors (Lipinski definition) is 11. The van der Waals surface area contributed by atoms with Crippen molar-refractivity contribution in [2.24, 2.45) is 0 Å². The van der Waals surface area contributed by atoms with Crippen molar-refractivity contribution in [3.8, 4) is 0 Å². The van der Waals surface area contributed by atoms with Gasteiger partial charge in [0.2, 0.25) is 41.4 Å². The van der Waals surface area contributed by atoms with Gasteiger partial charge in [-0.2, -0.15) is 0 Å². The summed E-state index contributed by atoms with van der Waals surface area (Å²) in [5.74, 6) is -5.86. The monoisotopic (exact) mass is 800 g/mol. The number of carbonyl (C=O) groups excluding carboxylic acids is 7. The standard InChI is InChI=1S/C37H52N8O10S/c1-6-11-37(5,55)14-25-32(51)38-18(3)30(49)44-28(19(4)46)34(53)42-26-16-56-35-22(21-9-7-8-10-23(21)43-35)13-24(31(50)41-25)40-29(48)17(2)39-33(52)27-12-20(47)15-45(27)36(26)54/h7-10,17-20,24-28,43,46-47,55H,6,11-16H2,1-5H3,(H,38,51)(H,39,52)(H,40,48)(H,41,50)(H,42,53)(H,44,49). The quantitative estimate of drug-likeness (QED) is 0.159. The van der Waals surface area contributed by atoms with Gasteiger partial charge >= 0.3 is 0 Å². The summed E-state index contributed by atoms with van der Waals surface area (Å²) in [5.41, 5.74) is -0.216. The Bertz CT molecular complexity index is 1850. The van der Waals surface area contributed by atoms with Gasteiger partial charge in [0, 0.05) is 42.5 Å². The first-order valence-corrected chi connectivity index (χ1v) is 19.8. The average Bonchev–Trinajstić information content (AvgIpc) is 3.69. The number of aromatic amines is 1. The Morgan fingerprint density at radius 3 is 2.18 bits per heavy atom. The zero-order valence-corrected chi connectivity index (χ0v) is 32.8. The minimum atomic E-state index is -1.61. The molecule has 18 nitrogen and oxygen atoms in total. The van der Waals surface area contributed by atoms with Crippen LogP contribution < -0.4 is 31.9 Å². The summed E-state index contributed by atoms with van der Waals surface area (Å²) < 4.78 is 0. The molecule has 10 unspecified atom stereocenters. The van der Waals surface area contributed by atoms with E-state index in [1.165, 1.54) is 27.7 Å². The molecule has 56 heavy (non-hydrogen) atoms. The fourth-order valence-corrected chi connectivity index (χ4v) is 8.43. The summed E-state index contributed by atoms with van der Waals surface area (Å²) >= 11 is 1.11. The van der Waals surface area contributed by atoms with Crippen molar-refractivity contribution in [2.75, 3.05) is 12.3 Å². The van der Waals surface area contributed by atoms with Crippen LogP contribution in [0.15, 0.2) is 29.3 Å². The zero-order valence-electron chi connectivity index (χ0n) is 32.0. The summed E-state index contributed by atoms with van der Waals surface area (Å²) in [6.07, 6.45) is -2.35. The number of aliphatic hydroxyl groups is 3. The van der Waals surface area contributed by atoms with Crippen molar-refractivity contribution in [1.82, 2.24) is 41.8 Å². The van der Waals surface area contributed by atoms with Crippen LogP contribution in [-0.4, -0.2) is 139 Å². The molecule has 1 aromatic heterocycles. The first-order valence-electron chi connectivity index (χ1n) is 18.8. The number of rotatable bonds is 5. The van der Waals surface area contributed by atoms with Gasteiger partial charge in [0.25, 0.3) is 0 Å². The van der Waals surface area contributed by atoms with E-state index in [1.54, 1.807) is 24.3 Å². The van der Waals surface area contributed by atoms with Crippen molar-refractivity contribution in [2.45, 2.75) is 132 Å². The third-order valence-corrected chi connectivity index (χ3v) is 11.5. The maximum atomic E-state index is 14.4. The van der Waals surface area contributed by atoms with Crippen LogP contribution in [0.2, 0.25) is 0 Å². The number of nitrogens with one attached hydrogen (secondary N) is 7. The molecule has 0 aliphatic carbocycles. The molecule has 3 aliphatic heterocycles. The molecule has 4 heterocycles. The van der Waals surface area contributed by atoms with Crippen molar-refractivity contribution >= 4 is 64.0 Å². The summed E-state index contributed by atoms with van der Waals surface area (Å²) in [6, 6.07) is -2.36. The molecule has 5 rings (SSSR count). The predicted octanol–water partition coefficient (Wildman–Crippen LogP) is -1.94. The van der Waals surface area contributed by atoms with Crippen molar-refractivity contribution in [3.63, 3.8) is 0 Å². The minimum absolute atomic E-state index is 0.140. The molecule has 10 N–H and O–H groups in total. The van der Waals surface area contributed by atoms with Gasteiger partial charge in [-0.1, -0.05) is 31.5 Å². The lowest BCUT2D eigenvalue weighted by Gasteiger charge is -2.31. The molecule has 3 aliphatic rings. The number of nitrogens with zero attached hydrogens (tertiary/aromatic N) is 1. The fraction of sp³-hybridized carbons (Fsp3) is 0.595. The maximum absolute atomic E-state index is 14.4. The number of amides is 7. The highest BCUT2D eigenvalue weighted by Gasteiger charge is 2.44. The molecular formula is C37H52N8O10S. The van der Waals surface area contributed by atoms with E-state index in [9.17, 15) is 48.9 Å². The van der Waals surface area contributed by atoms with Crippen LogP contribution in [0.4, 0.5) is 0 Å². The normalized spacial score (nSPS) is 30.4. The highest BCUT2D eigenvalue weighted by molar-refractivity contribution is 7.99. The topological polar surface area (TPSA) is 271 Å². The Balaban J connectivity index is 1.68. The molecule has 0 saturated carbocycles. The lowest BCUT2D eigenvalue weighted by atomic mass is 9.91. The lowest BCUT2D eigenvalue weighted by Crippen LogP contribution is -2.61. The Kier molecular flexibility index (Phi) is 13.3. The molecule has 19 heteroatoms. The van der Waals surface area contributed by atoms with E-state index in [0.29, 0.717) is 27.9 Å². The van der Waals surface area contributed by atoms with Gasteiger partial charge in [0.15, 0.2) is 0 Å². The summed E-state index contributed by atoms with van der Waals surface area (Å²) in [4.78, 5) is 102. The number of hydrogen-bond donors (Lipinski definition) is 10. The van der Waals surface area contributed by atoms with Gasteiger partial charge in [-0.05, 0) is 45.7 Å². The van der Waals surface area contributed by atoms with Crippen LogP contribution in [0.25, 0.3) is 10.9 Å². The van der Waals surface area contributed by atoms with Gasteiger partial charge in [-0.25, -0.2) is 0 Å². The van der Waals surface area contributed by atoms with E-state index in [-0.39, 0.29) is 38.0 Å². The molecule has 306 valence electrons. The number of H-pyrrole nitrogens is 1. The molecule has 1 fully saturated rings. The van der Waals surface area contributed by atoms with Crippen LogP contribution in [0, 0.1) is 0 Å². The Hall–Kier alpha value is -4.72. The summed E-state index contributed by atoms with van der Waals surface area (Å²) in [7, 11) is 0. The van der Waals surface area contributed by atoms with E-state index in [4.69, 9.17) is 0 Å². The Morgan fingerprint density at radius 2 is 1.50 bits per heavy atom. The minimum Gasteiger partial charge on any atom is -0.391 e. The van der Waals surface area contributed by atoms with Crippen LogP contribution in [0.5, 0.6) is 0 Å². The molecule has 10 atom stereocenters. The Morgan fingerprint density at radius 1 is 0.857 bits per heavy atom. The van der Waals surface area contributed by atoms with Gasteiger partial charge in [0.1, 0.15) is 42.3 Å². The molecule has 1 aromatic carbocycles. The average molecular weight is 801 g/mol. The third-order valence-electron chi connectivity index (χ3n) is 10.3. The number of fused-ring (bicyclic) bond motifs is 5. The molecule has 7 amide bonds. The third kappa shape index (κ3) is 9.80. The number of aromatic nitrogens is 1. The first kappa shape index (κ1) is 42.4. The van der Waals surface area contributed by atoms with Gasteiger partial charge < -0.3 is 57.1 Å². The van der Waals surface area contributed by atoms with E-state index >= 15 is 0 Å². The first-order chi connectivity index (χ1) is 26.4. The van der Waals surface area contributed by atoms with E-state index < -0.39 is 101 Å². The Labute approximate surface area is 328 Å². The zero-order chi connectivity index (χ0) is 41.1. The predicted molar refractivity (Wildman–Crippen MR) is 204 cm³/mol. The van der Waals surface area contributed by atoms with Crippen LogP contribution in [0.3, 0.4) is 0 Å². The summed E-state index contributed by atoms with van der Waals surface area (Å²) in [5, 5.41) is 49.3. The molecule has 2 aromatic rings. The second-order valence-corrected chi connectivity index (χ2v) is 16.2. The fourth-order valence-electron chi connectivity index (χ4n) is 7.32. The smallest absolute Gasteiger partial charge is 0.246 e. The van der Waals surface area contributed by atoms with Crippen molar-refractivity contribution in [1.29, 1.82) is 0 Å². The van der Waals surface area contributed by atoms with E-state index in [2.05, 4.69) is 36.9 Å². The number of thioether (sulfide) groups is 1. The molecular weight excluding hydrogens is 749 g/mol. The van der Waals surface area contributed by atoms with Crippen LogP contribution >= 0.6 is 11.8 Å². The van der Waals surface area contributed by atoms with Crippen LogP contribution in [-0.2, 0) is 40.0 Å². The largest absolute Gasteiger partial charge is 0.391 e. The van der Waals surface area contributed by atoms with Crippen LogP contribution in [0.1, 0.15) is 65.9 Å². The molecule has 0 spiro atoms. The molecule has 0 radical (unpaired) electrons. The number of benzene rings is 1. The highest BCUT2D eigenvalue weighted by atomic mass is 32.2. The van der Waals surface area contributed by atoms with E-state index in [0.717, 1.165) is 16.7 Å². The summed E-state index contributed by atoms with van der Waals surface area (Å²) in [6.45, 7) is 7.08. The number of para-hydroxylation sites is 1. The lowest BCUT2D eigenvalue weighted by molar-refractivity contribution is -0.142. The van der Waals surface area contributed by atoms with Gasteiger partial charge in [-0.15, -0.1) is 11.8 Å². The molecule has 1 saturated heterocycles. The van der Waals surface area contributed by atoms with Gasteiger partial charge in [-0.3, -0.25) is 33.6 Å². The number of carbonyl (C=O) groups is 7. The van der Waals surface area contributed by atoms with Crippen molar-refractivity contribution < 1.29 is 48.9 Å². The maximum Gasteiger partial charge on any atom is 0.246 e. The molecule has 2 bridgehead atoms. The number of aliphatic hydroxyl groups excluding tert-OH is 2. The van der Waals surface area contributed by atoms with E-state index in [1.807, 2.05) is 6.92 Å². The SMILES string of the molecule is CCCC(C)(O)CC1NC(=O)C2Cc3c([nH]c4ccccc34)SCC(NC(=O)C(C(C)O)NC(=O)C(C)NC1=O)C(=O)N1CC(O)CC1C(=O)NC(C)C(=O)N2. The highest BCUT2D eigenvalue weighted by Crippen LogP contribution is 2.32. The van der Waals surface area contributed by atoms with Crippen molar-refractivity contribution in [3.05, 3.63) is 29.8 Å². The van der Waals surface area contributed by atoms with Gasteiger partial charge in [0.05, 0.1) is 22.8 Å².